The number of ketones is 1. The molecule has 0 unspecified atom stereocenters. The van der Waals surface area contributed by atoms with Crippen molar-refractivity contribution < 1.29 is 22.8 Å². The molecule has 128 valence electrons. The number of aryl methyl sites for hydroxylation is 1. The summed E-state index contributed by atoms with van der Waals surface area (Å²) in [5, 5.41) is 2.63. The van der Waals surface area contributed by atoms with Crippen molar-refractivity contribution in [1.29, 1.82) is 0 Å². The van der Waals surface area contributed by atoms with E-state index in [1.54, 1.807) is 13.8 Å². The number of rotatable bonds is 4. The number of H-pyrrole nitrogens is 1. The summed E-state index contributed by atoms with van der Waals surface area (Å²) >= 11 is 0. The lowest BCUT2D eigenvalue weighted by molar-refractivity contribution is -0.137. The minimum absolute atomic E-state index is 0.0872. The van der Waals surface area contributed by atoms with E-state index in [0.717, 1.165) is 12.1 Å². The van der Waals surface area contributed by atoms with Gasteiger partial charge in [0.15, 0.2) is 5.78 Å². The average molecular weight is 338 g/mol. The van der Waals surface area contributed by atoms with Gasteiger partial charge in [-0.1, -0.05) is 12.1 Å². The molecule has 24 heavy (non-hydrogen) atoms. The number of Topliss-reactive ketones (excluding diaryl/α,β-unsaturated/α-hetero) is 1. The first-order valence-corrected chi connectivity index (χ1v) is 7.25. The predicted octanol–water partition coefficient (Wildman–Crippen LogP) is 3.78. The van der Waals surface area contributed by atoms with Crippen LogP contribution in [0.2, 0.25) is 0 Å². The molecule has 1 aromatic heterocycles. The Morgan fingerprint density at radius 3 is 2.17 bits per heavy atom. The minimum Gasteiger partial charge on any atom is -0.354 e. The third kappa shape index (κ3) is 3.67. The van der Waals surface area contributed by atoms with Gasteiger partial charge in [0.2, 0.25) is 0 Å². The van der Waals surface area contributed by atoms with Gasteiger partial charge in [-0.3, -0.25) is 9.59 Å². The fourth-order valence-electron chi connectivity index (χ4n) is 2.59. The summed E-state index contributed by atoms with van der Waals surface area (Å²) in [6.45, 7) is 4.89. The van der Waals surface area contributed by atoms with Crippen LogP contribution in [0.15, 0.2) is 24.3 Å². The summed E-state index contributed by atoms with van der Waals surface area (Å²) in [5.74, 6) is -0.550. The molecule has 0 fully saturated rings. The Hall–Kier alpha value is -2.57. The van der Waals surface area contributed by atoms with Crippen LogP contribution in [0, 0.1) is 13.8 Å². The van der Waals surface area contributed by atoms with Crippen LogP contribution >= 0.6 is 0 Å². The number of benzene rings is 1. The van der Waals surface area contributed by atoms with E-state index in [9.17, 15) is 22.8 Å². The van der Waals surface area contributed by atoms with Gasteiger partial charge in [0, 0.05) is 17.8 Å². The summed E-state index contributed by atoms with van der Waals surface area (Å²) in [6.07, 6.45) is -4.39. The number of nitrogens with one attached hydrogen (secondary N) is 2. The molecule has 1 heterocycles. The molecule has 2 rings (SSSR count). The van der Waals surface area contributed by atoms with Crippen molar-refractivity contribution in [3.8, 4) is 0 Å². The quantitative estimate of drug-likeness (QED) is 0.834. The molecule has 0 aliphatic rings. The van der Waals surface area contributed by atoms with Crippen molar-refractivity contribution >= 4 is 11.7 Å². The van der Waals surface area contributed by atoms with E-state index in [2.05, 4.69) is 10.3 Å². The zero-order valence-corrected chi connectivity index (χ0v) is 13.5. The van der Waals surface area contributed by atoms with Crippen LogP contribution in [0.25, 0.3) is 0 Å². The van der Waals surface area contributed by atoms with Gasteiger partial charge in [0.1, 0.15) is 5.69 Å². The third-order valence-electron chi connectivity index (χ3n) is 3.75. The van der Waals surface area contributed by atoms with E-state index in [-0.39, 0.29) is 18.0 Å². The third-order valence-corrected chi connectivity index (χ3v) is 3.75. The molecule has 0 spiro atoms. The lowest BCUT2D eigenvalue weighted by atomic mass is 10.1. The van der Waals surface area contributed by atoms with Gasteiger partial charge < -0.3 is 10.3 Å². The molecular weight excluding hydrogens is 321 g/mol. The Labute approximate surface area is 137 Å². The molecule has 2 aromatic rings. The van der Waals surface area contributed by atoms with Crippen LogP contribution in [-0.4, -0.2) is 16.7 Å². The maximum Gasteiger partial charge on any atom is 0.416 e. The van der Waals surface area contributed by atoms with Gasteiger partial charge in [-0.15, -0.1) is 0 Å². The number of hydrogen-bond donors (Lipinski definition) is 2. The second kappa shape index (κ2) is 6.51. The van der Waals surface area contributed by atoms with Crippen LogP contribution in [0.3, 0.4) is 0 Å². The summed E-state index contributed by atoms with van der Waals surface area (Å²) in [7, 11) is 0. The highest BCUT2D eigenvalue weighted by atomic mass is 19.4. The van der Waals surface area contributed by atoms with Crippen molar-refractivity contribution in [1.82, 2.24) is 10.3 Å². The monoisotopic (exact) mass is 338 g/mol. The van der Waals surface area contributed by atoms with Gasteiger partial charge >= 0.3 is 6.18 Å². The topological polar surface area (TPSA) is 62.0 Å². The van der Waals surface area contributed by atoms with Crippen molar-refractivity contribution in [2.45, 2.75) is 33.5 Å². The Kier molecular flexibility index (Phi) is 4.82. The first kappa shape index (κ1) is 17.8. The molecule has 0 saturated carbocycles. The SMILES string of the molecule is CC(=O)c1c(C)[nH]c(C(=O)NCc2ccc(C(F)(F)F)cc2)c1C. The zero-order chi connectivity index (χ0) is 18.1. The number of carbonyl (C=O) groups is 2. The predicted molar refractivity (Wildman–Crippen MR) is 82.9 cm³/mol. The van der Waals surface area contributed by atoms with Gasteiger partial charge in [-0.05, 0) is 44.0 Å². The second-order valence-electron chi connectivity index (χ2n) is 5.56. The molecule has 0 atom stereocenters. The fraction of sp³-hybridized carbons (Fsp3) is 0.294. The van der Waals surface area contributed by atoms with E-state index < -0.39 is 17.6 Å². The van der Waals surface area contributed by atoms with Crippen molar-refractivity contribution in [2.75, 3.05) is 0 Å². The van der Waals surface area contributed by atoms with Gasteiger partial charge in [-0.2, -0.15) is 13.2 Å². The lowest BCUT2D eigenvalue weighted by Crippen LogP contribution is -2.24. The molecule has 0 aliphatic carbocycles. The highest BCUT2D eigenvalue weighted by Crippen LogP contribution is 2.29. The Morgan fingerprint density at radius 1 is 1.12 bits per heavy atom. The van der Waals surface area contributed by atoms with E-state index in [0.29, 0.717) is 22.4 Å². The zero-order valence-electron chi connectivity index (χ0n) is 13.5. The van der Waals surface area contributed by atoms with Crippen LogP contribution in [0.5, 0.6) is 0 Å². The molecule has 4 nitrogen and oxygen atoms in total. The summed E-state index contributed by atoms with van der Waals surface area (Å²) < 4.78 is 37.5. The normalized spacial score (nSPS) is 11.4. The van der Waals surface area contributed by atoms with E-state index in [1.807, 2.05) is 0 Å². The first-order chi connectivity index (χ1) is 11.1. The largest absolute Gasteiger partial charge is 0.416 e. The van der Waals surface area contributed by atoms with E-state index in [4.69, 9.17) is 0 Å². The number of alkyl halides is 3. The second-order valence-corrected chi connectivity index (χ2v) is 5.56. The van der Waals surface area contributed by atoms with E-state index in [1.165, 1.54) is 19.1 Å². The molecule has 2 N–H and O–H groups in total. The Morgan fingerprint density at radius 2 is 1.71 bits per heavy atom. The summed E-state index contributed by atoms with van der Waals surface area (Å²) in [5.41, 5.74) is 1.74. The Bertz CT molecular complexity index is 774. The fourth-order valence-corrected chi connectivity index (χ4v) is 2.59. The van der Waals surface area contributed by atoms with Crippen LogP contribution in [0.1, 0.15) is 50.2 Å². The van der Waals surface area contributed by atoms with Gasteiger partial charge in [-0.25, -0.2) is 0 Å². The lowest BCUT2D eigenvalue weighted by Gasteiger charge is -2.08. The van der Waals surface area contributed by atoms with Gasteiger partial charge in [0.05, 0.1) is 5.56 Å². The van der Waals surface area contributed by atoms with Crippen molar-refractivity contribution in [2.24, 2.45) is 0 Å². The molecule has 0 bridgehead atoms. The van der Waals surface area contributed by atoms with Gasteiger partial charge in [0.25, 0.3) is 5.91 Å². The number of aromatic nitrogens is 1. The molecule has 0 saturated heterocycles. The van der Waals surface area contributed by atoms with Crippen LogP contribution in [0.4, 0.5) is 13.2 Å². The highest BCUT2D eigenvalue weighted by molar-refractivity contribution is 6.02. The number of hydrogen-bond acceptors (Lipinski definition) is 2. The van der Waals surface area contributed by atoms with Crippen LogP contribution < -0.4 is 5.32 Å². The minimum atomic E-state index is -4.39. The maximum atomic E-state index is 12.5. The summed E-state index contributed by atoms with van der Waals surface area (Å²) in [4.78, 5) is 26.7. The first-order valence-electron chi connectivity index (χ1n) is 7.25. The molecular formula is C17H17F3N2O2. The Balaban J connectivity index is 2.09. The molecule has 1 amide bonds. The number of halogens is 3. The van der Waals surface area contributed by atoms with Crippen LogP contribution in [-0.2, 0) is 12.7 Å². The number of amides is 1. The molecule has 1 aromatic carbocycles. The average Bonchev–Trinajstić information content (AvgIpc) is 2.79. The molecule has 0 aliphatic heterocycles. The standard InChI is InChI=1S/C17H17F3N2O2/c1-9-14(11(3)23)10(2)22-15(9)16(24)21-8-12-4-6-13(7-5-12)17(18,19)20/h4-7,22H,8H2,1-3H3,(H,21,24). The molecule has 0 radical (unpaired) electrons. The van der Waals surface area contributed by atoms with Crippen molar-refractivity contribution in [3.63, 3.8) is 0 Å². The number of carbonyl (C=O) groups excluding carboxylic acids is 2. The highest BCUT2D eigenvalue weighted by Gasteiger charge is 2.29. The smallest absolute Gasteiger partial charge is 0.354 e. The maximum absolute atomic E-state index is 12.5. The summed E-state index contributed by atoms with van der Waals surface area (Å²) in [6, 6.07) is 4.58. The van der Waals surface area contributed by atoms with E-state index >= 15 is 0 Å². The molecule has 7 heteroatoms. The number of aromatic amines is 1. The van der Waals surface area contributed by atoms with Crippen molar-refractivity contribution in [3.05, 3.63) is 57.9 Å².